The lowest BCUT2D eigenvalue weighted by molar-refractivity contribution is -0.00301. The van der Waals surface area contributed by atoms with Crippen molar-refractivity contribution in [2.45, 2.75) is 37.9 Å². The van der Waals surface area contributed by atoms with Gasteiger partial charge in [-0.25, -0.2) is 4.79 Å². The van der Waals surface area contributed by atoms with E-state index >= 15 is 0 Å². The van der Waals surface area contributed by atoms with Crippen LogP contribution in [0.4, 0.5) is 4.79 Å². The Morgan fingerprint density at radius 3 is 2.50 bits per heavy atom. The highest BCUT2D eigenvalue weighted by molar-refractivity contribution is 5.69. The first-order valence-electron chi connectivity index (χ1n) is 8.96. The van der Waals surface area contributed by atoms with Gasteiger partial charge >= 0.3 is 6.09 Å². The standard InChI is InChI=1S/C21H23NO4/c1-21(9-10-22-20(23)26-21)16-7-8-18(24-2)19(13-16)25-17-11-14-5-3-4-6-15(14)12-17/h3-8,13,17H,9-12H2,1-2H3,(H,22,23). The molecule has 0 aromatic heterocycles. The molecule has 0 spiro atoms. The molecular formula is C21H23NO4. The van der Waals surface area contributed by atoms with E-state index in [2.05, 4.69) is 29.6 Å². The Morgan fingerprint density at radius 1 is 1.12 bits per heavy atom. The molecule has 26 heavy (non-hydrogen) atoms. The lowest BCUT2D eigenvalue weighted by Crippen LogP contribution is -2.43. The van der Waals surface area contributed by atoms with E-state index < -0.39 is 5.60 Å². The molecule has 1 saturated heterocycles. The van der Waals surface area contributed by atoms with Gasteiger partial charge in [-0.15, -0.1) is 0 Å². The van der Waals surface area contributed by atoms with E-state index in [1.165, 1.54) is 11.1 Å². The Kier molecular flexibility index (Phi) is 4.23. The number of alkyl carbamates (subject to hydrolysis) is 1. The van der Waals surface area contributed by atoms with Crippen molar-refractivity contribution in [3.63, 3.8) is 0 Å². The number of benzene rings is 2. The van der Waals surface area contributed by atoms with Crippen LogP contribution in [0.15, 0.2) is 42.5 Å². The van der Waals surface area contributed by atoms with E-state index in [9.17, 15) is 4.79 Å². The number of rotatable bonds is 4. The van der Waals surface area contributed by atoms with E-state index in [0.29, 0.717) is 24.5 Å². The molecule has 1 atom stereocenters. The van der Waals surface area contributed by atoms with Crippen LogP contribution in [0.5, 0.6) is 11.5 Å². The Labute approximate surface area is 153 Å². The second-order valence-electron chi connectivity index (χ2n) is 7.08. The molecule has 1 aliphatic carbocycles. The summed E-state index contributed by atoms with van der Waals surface area (Å²) < 4.78 is 17.3. The average molecular weight is 353 g/mol. The van der Waals surface area contributed by atoms with Crippen molar-refractivity contribution < 1.29 is 19.0 Å². The highest BCUT2D eigenvalue weighted by atomic mass is 16.6. The Bertz CT molecular complexity index is 810. The molecule has 0 radical (unpaired) electrons. The molecule has 1 N–H and O–H groups in total. The number of fused-ring (bicyclic) bond motifs is 1. The molecule has 2 aromatic rings. The largest absolute Gasteiger partial charge is 0.493 e. The number of carbonyl (C=O) groups excluding carboxylic acids is 1. The summed E-state index contributed by atoms with van der Waals surface area (Å²) >= 11 is 0. The average Bonchev–Trinajstić information content (AvgIpc) is 3.04. The van der Waals surface area contributed by atoms with Crippen molar-refractivity contribution >= 4 is 6.09 Å². The van der Waals surface area contributed by atoms with Crippen LogP contribution >= 0.6 is 0 Å². The van der Waals surface area contributed by atoms with E-state index in [4.69, 9.17) is 14.2 Å². The third-order valence-electron chi connectivity index (χ3n) is 5.27. The number of carbonyl (C=O) groups is 1. The van der Waals surface area contributed by atoms with Crippen LogP contribution in [0.2, 0.25) is 0 Å². The predicted octanol–water partition coefficient (Wildman–Crippen LogP) is 3.59. The first-order chi connectivity index (χ1) is 12.6. The molecule has 0 saturated carbocycles. The molecule has 136 valence electrons. The maximum Gasteiger partial charge on any atom is 0.408 e. The van der Waals surface area contributed by atoms with Crippen LogP contribution in [0.1, 0.15) is 30.0 Å². The molecule has 1 amide bonds. The number of ether oxygens (including phenoxy) is 3. The van der Waals surface area contributed by atoms with Gasteiger partial charge in [0.2, 0.25) is 0 Å². The Balaban J connectivity index is 1.58. The SMILES string of the molecule is COc1ccc(C2(C)CCNC(=O)O2)cc1OC1Cc2ccccc2C1. The summed E-state index contributed by atoms with van der Waals surface area (Å²) in [7, 11) is 1.64. The van der Waals surface area contributed by atoms with Crippen molar-refractivity contribution in [2.75, 3.05) is 13.7 Å². The number of amides is 1. The molecule has 1 heterocycles. The van der Waals surface area contributed by atoms with Crippen molar-refractivity contribution in [3.05, 3.63) is 59.2 Å². The fraction of sp³-hybridized carbons (Fsp3) is 0.381. The monoisotopic (exact) mass is 353 g/mol. The topological polar surface area (TPSA) is 56.8 Å². The second-order valence-corrected chi connectivity index (χ2v) is 7.08. The van der Waals surface area contributed by atoms with Crippen LogP contribution in [-0.4, -0.2) is 25.9 Å². The van der Waals surface area contributed by atoms with Gasteiger partial charge in [0.15, 0.2) is 11.5 Å². The molecule has 1 unspecified atom stereocenters. The summed E-state index contributed by atoms with van der Waals surface area (Å²) in [4.78, 5) is 11.7. The number of methoxy groups -OCH3 is 1. The minimum atomic E-state index is -0.661. The molecule has 2 aromatic carbocycles. The summed E-state index contributed by atoms with van der Waals surface area (Å²) in [5, 5.41) is 2.70. The first-order valence-corrected chi connectivity index (χ1v) is 8.96. The zero-order valence-corrected chi connectivity index (χ0v) is 15.1. The zero-order chi connectivity index (χ0) is 18.1. The van der Waals surface area contributed by atoms with Gasteiger partial charge in [-0.2, -0.15) is 0 Å². The number of nitrogens with one attached hydrogen (secondary N) is 1. The number of hydrogen-bond donors (Lipinski definition) is 1. The molecule has 5 nitrogen and oxygen atoms in total. The number of hydrogen-bond acceptors (Lipinski definition) is 4. The van der Waals surface area contributed by atoms with Crippen LogP contribution in [0.3, 0.4) is 0 Å². The van der Waals surface area contributed by atoms with Gasteiger partial charge < -0.3 is 19.5 Å². The van der Waals surface area contributed by atoms with Gasteiger partial charge in [-0.05, 0) is 35.7 Å². The van der Waals surface area contributed by atoms with Crippen LogP contribution < -0.4 is 14.8 Å². The van der Waals surface area contributed by atoms with Gasteiger partial charge in [-0.3, -0.25) is 0 Å². The molecule has 4 rings (SSSR count). The summed E-state index contributed by atoms with van der Waals surface area (Å²) in [6.45, 7) is 2.53. The molecule has 0 bridgehead atoms. The molecule has 1 aliphatic heterocycles. The third-order valence-corrected chi connectivity index (χ3v) is 5.27. The summed E-state index contributed by atoms with van der Waals surface area (Å²) in [6.07, 6.45) is 2.18. The maximum absolute atomic E-state index is 11.7. The summed E-state index contributed by atoms with van der Waals surface area (Å²) in [5.41, 5.74) is 2.93. The molecular weight excluding hydrogens is 330 g/mol. The van der Waals surface area contributed by atoms with Gasteiger partial charge in [0.25, 0.3) is 0 Å². The highest BCUT2D eigenvalue weighted by Gasteiger charge is 2.35. The molecule has 2 aliphatic rings. The predicted molar refractivity (Wildman–Crippen MR) is 97.7 cm³/mol. The quantitative estimate of drug-likeness (QED) is 0.913. The molecule has 1 fully saturated rings. The van der Waals surface area contributed by atoms with Crippen LogP contribution in [-0.2, 0) is 23.2 Å². The van der Waals surface area contributed by atoms with E-state index in [-0.39, 0.29) is 12.2 Å². The first kappa shape index (κ1) is 16.8. The second kappa shape index (κ2) is 6.56. The van der Waals surface area contributed by atoms with Gasteiger partial charge in [-0.1, -0.05) is 30.3 Å². The maximum atomic E-state index is 11.7. The van der Waals surface area contributed by atoms with Crippen molar-refractivity contribution in [1.82, 2.24) is 5.32 Å². The summed E-state index contributed by atoms with van der Waals surface area (Å²) in [6, 6.07) is 14.2. The molecule has 5 heteroatoms. The van der Waals surface area contributed by atoms with Crippen molar-refractivity contribution in [3.8, 4) is 11.5 Å². The fourth-order valence-electron chi connectivity index (χ4n) is 3.78. The van der Waals surface area contributed by atoms with Crippen LogP contribution in [0, 0.1) is 0 Å². The minimum Gasteiger partial charge on any atom is -0.493 e. The van der Waals surface area contributed by atoms with E-state index in [1.54, 1.807) is 7.11 Å². The minimum absolute atomic E-state index is 0.0833. The highest BCUT2D eigenvalue weighted by Crippen LogP contribution is 2.38. The van der Waals surface area contributed by atoms with Gasteiger partial charge in [0.1, 0.15) is 11.7 Å². The lowest BCUT2D eigenvalue weighted by Gasteiger charge is -2.34. The van der Waals surface area contributed by atoms with E-state index in [1.807, 2.05) is 25.1 Å². The smallest absolute Gasteiger partial charge is 0.408 e. The van der Waals surface area contributed by atoms with Crippen LogP contribution in [0.25, 0.3) is 0 Å². The lowest BCUT2D eigenvalue weighted by atomic mass is 9.91. The van der Waals surface area contributed by atoms with Gasteiger partial charge in [0, 0.05) is 25.8 Å². The van der Waals surface area contributed by atoms with Crippen molar-refractivity contribution in [2.24, 2.45) is 0 Å². The fourth-order valence-corrected chi connectivity index (χ4v) is 3.78. The summed E-state index contributed by atoms with van der Waals surface area (Å²) in [5.74, 6) is 1.38. The number of cyclic esters (lactones) is 1. The zero-order valence-electron chi connectivity index (χ0n) is 15.1. The van der Waals surface area contributed by atoms with Gasteiger partial charge in [0.05, 0.1) is 7.11 Å². The van der Waals surface area contributed by atoms with Crippen molar-refractivity contribution in [1.29, 1.82) is 0 Å². The Hall–Kier alpha value is -2.69. The van der Waals surface area contributed by atoms with E-state index in [0.717, 1.165) is 18.4 Å². The normalized spacial score (nSPS) is 22.3. The Morgan fingerprint density at radius 2 is 1.85 bits per heavy atom. The third kappa shape index (κ3) is 3.09.